The van der Waals surface area contributed by atoms with E-state index < -0.39 is 47.2 Å². The van der Waals surface area contributed by atoms with E-state index in [0.29, 0.717) is 48.4 Å². The molecule has 1 unspecified atom stereocenters. The van der Waals surface area contributed by atoms with Crippen molar-refractivity contribution in [3.8, 4) is 22.8 Å². The summed E-state index contributed by atoms with van der Waals surface area (Å²) in [4.78, 5) is 60.4. The van der Waals surface area contributed by atoms with Gasteiger partial charge in [0, 0.05) is 35.4 Å². The van der Waals surface area contributed by atoms with Gasteiger partial charge in [-0.2, -0.15) is 0 Å². The molecule has 1 saturated carbocycles. The molecule has 11 heteroatoms. The van der Waals surface area contributed by atoms with Gasteiger partial charge in [0.15, 0.2) is 5.78 Å². The lowest BCUT2D eigenvalue weighted by atomic mass is 10.1. The average Bonchev–Trinajstić information content (AvgIpc) is 3.59. The molecule has 3 heterocycles. The molecule has 3 aliphatic rings. The zero-order valence-corrected chi connectivity index (χ0v) is 28.7. The topological polar surface area (TPSA) is 136 Å². The van der Waals surface area contributed by atoms with E-state index in [1.165, 1.54) is 11.8 Å². The van der Waals surface area contributed by atoms with Crippen LogP contribution in [0, 0.1) is 5.92 Å². The second-order valence-corrected chi connectivity index (χ2v) is 14.1. The third kappa shape index (κ3) is 7.40. The summed E-state index contributed by atoms with van der Waals surface area (Å²) in [7, 11) is 1.60. The fourth-order valence-corrected chi connectivity index (χ4v) is 6.78. The normalized spacial score (nSPS) is 26.2. The summed E-state index contributed by atoms with van der Waals surface area (Å²) in [6, 6.07) is 15.3. The third-order valence-electron chi connectivity index (χ3n) is 9.40. The number of carbonyl (C=O) groups excluding carboxylic acids is 4. The molecule has 1 aliphatic carbocycles. The number of nitrogens with zero attached hydrogens (tertiary/aromatic N) is 2. The lowest BCUT2D eigenvalue weighted by Gasteiger charge is -2.30. The maximum Gasteiger partial charge on any atom is 0.408 e. The summed E-state index contributed by atoms with van der Waals surface area (Å²) < 4.78 is 17.6. The van der Waals surface area contributed by atoms with E-state index in [9.17, 15) is 19.2 Å². The van der Waals surface area contributed by atoms with Gasteiger partial charge in [0.1, 0.15) is 40.8 Å². The SMILES string of the molecule is COc1ccc2c(O[C@@H]3C[C@H]4C(=O)N[C@]5(C(C)=O)CC5/C=C/CCC[C@H](NC(=O)OC(C)(C)C)C(=O)N4C3)cc(-c3ccccc3)nc2c1. The highest BCUT2D eigenvalue weighted by atomic mass is 16.6. The number of methoxy groups -OCH3 is 1. The molecule has 1 aromatic heterocycles. The number of carbonyl (C=O) groups is 4. The molecule has 2 fully saturated rings. The molecule has 2 aromatic carbocycles. The second-order valence-electron chi connectivity index (χ2n) is 14.1. The molecule has 49 heavy (non-hydrogen) atoms. The van der Waals surface area contributed by atoms with Crippen molar-refractivity contribution in [2.45, 2.75) is 89.1 Å². The Morgan fingerprint density at radius 2 is 1.86 bits per heavy atom. The van der Waals surface area contributed by atoms with Crippen molar-refractivity contribution < 1.29 is 33.4 Å². The Morgan fingerprint density at radius 3 is 2.57 bits per heavy atom. The molecule has 0 radical (unpaired) electrons. The number of Topliss-reactive ketones (excluding diaryl/α,β-unsaturated/α-hetero) is 1. The first-order valence-corrected chi connectivity index (χ1v) is 16.9. The monoisotopic (exact) mass is 668 g/mol. The zero-order chi connectivity index (χ0) is 34.9. The summed E-state index contributed by atoms with van der Waals surface area (Å²) in [5.41, 5.74) is 0.519. The summed E-state index contributed by atoms with van der Waals surface area (Å²) in [5.74, 6) is 0.143. The van der Waals surface area contributed by atoms with Crippen molar-refractivity contribution in [1.82, 2.24) is 20.5 Å². The van der Waals surface area contributed by atoms with E-state index in [0.717, 1.165) is 10.9 Å². The number of hydrogen-bond acceptors (Lipinski definition) is 8. The summed E-state index contributed by atoms with van der Waals surface area (Å²) >= 11 is 0. The van der Waals surface area contributed by atoms with Crippen LogP contribution in [0.4, 0.5) is 4.79 Å². The Kier molecular flexibility index (Phi) is 9.37. The number of benzene rings is 2. The van der Waals surface area contributed by atoms with Gasteiger partial charge in [0.2, 0.25) is 11.8 Å². The predicted molar refractivity (Wildman–Crippen MR) is 184 cm³/mol. The number of allylic oxidation sites excluding steroid dienone is 1. The molecule has 258 valence electrons. The van der Waals surface area contributed by atoms with Gasteiger partial charge >= 0.3 is 6.09 Å². The minimum absolute atomic E-state index is 0.0960. The molecule has 6 rings (SSSR count). The largest absolute Gasteiger partial charge is 0.497 e. The van der Waals surface area contributed by atoms with Crippen LogP contribution in [0.25, 0.3) is 22.2 Å². The predicted octanol–water partition coefficient (Wildman–Crippen LogP) is 5.36. The van der Waals surface area contributed by atoms with E-state index in [1.54, 1.807) is 27.9 Å². The first-order chi connectivity index (χ1) is 23.4. The number of amides is 3. The molecule has 0 bridgehead atoms. The maximum atomic E-state index is 14.3. The van der Waals surface area contributed by atoms with Crippen LogP contribution in [-0.2, 0) is 19.1 Å². The highest BCUT2D eigenvalue weighted by molar-refractivity contribution is 5.98. The van der Waals surface area contributed by atoms with Gasteiger partial charge in [-0.1, -0.05) is 42.5 Å². The fourth-order valence-electron chi connectivity index (χ4n) is 6.78. The Hall–Kier alpha value is -4.93. The molecular formula is C38H44N4O7. The minimum atomic E-state index is -0.992. The van der Waals surface area contributed by atoms with Gasteiger partial charge in [-0.25, -0.2) is 9.78 Å². The Balaban J connectivity index is 1.34. The van der Waals surface area contributed by atoms with E-state index in [2.05, 4.69) is 10.6 Å². The maximum absolute atomic E-state index is 14.3. The number of ketones is 1. The molecule has 2 N–H and O–H groups in total. The quantitative estimate of drug-likeness (QED) is 0.336. The first-order valence-electron chi connectivity index (χ1n) is 16.9. The number of alkyl carbamates (subject to hydrolysis) is 1. The van der Waals surface area contributed by atoms with Gasteiger partial charge < -0.3 is 29.7 Å². The molecule has 1 saturated heterocycles. The Morgan fingerprint density at radius 1 is 1.08 bits per heavy atom. The lowest BCUT2D eigenvalue weighted by Crippen LogP contribution is -2.56. The zero-order valence-electron chi connectivity index (χ0n) is 28.7. The van der Waals surface area contributed by atoms with E-state index >= 15 is 0 Å². The Bertz CT molecular complexity index is 1790. The van der Waals surface area contributed by atoms with Gasteiger partial charge in [0.05, 0.1) is 24.9 Å². The van der Waals surface area contributed by atoms with E-state index in [1.807, 2.05) is 66.7 Å². The lowest BCUT2D eigenvalue weighted by molar-refractivity contribution is -0.141. The smallest absolute Gasteiger partial charge is 0.408 e. The molecular weight excluding hydrogens is 624 g/mol. The van der Waals surface area contributed by atoms with Crippen LogP contribution in [0.5, 0.6) is 11.5 Å². The van der Waals surface area contributed by atoms with Crippen molar-refractivity contribution in [3.63, 3.8) is 0 Å². The number of fused-ring (bicyclic) bond motifs is 3. The van der Waals surface area contributed by atoms with Gasteiger partial charge in [-0.3, -0.25) is 14.4 Å². The average molecular weight is 669 g/mol. The summed E-state index contributed by atoms with van der Waals surface area (Å²) in [5, 5.41) is 6.53. The molecule has 0 spiro atoms. The van der Waals surface area contributed by atoms with Crippen LogP contribution in [0.15, 0.2) is 66.7 Å². The van der Waals surface area contributed by atoms with Crippen molar-refractivity contribution in [3.05, 3.63) is 66.7 Å². The van der Waals surface area contributed by atoms with Crippen LogP contribution in [0.3, 0.4) is 0 Å². The van der Waals surface area contributed by atoms with Crippen LogP contribution in [-0.4, -0.2) is 76.6 Å². The van der Waals surface area contributed by atoms with Gasteiger partial charge in [-0.05, 0) is 65.5 Å². The standard InChI is InChI=1S/C38H44N4O7/c1-23(43)38-21-25(38)14-10-7-11-15-29(40-36(46)49-37(2,3)4)35(45)42-22-27(19-32(42)34(44)41-38)48-33-20-30(24-12-8-6-9-13-24)39-31-18-26(47-5)16-17-28(31)33/h6,8-10,12-14,16-18,20,25,27,29,32H,7,11,15,19,21-22H2,1-5H3,(H,40,46)(H,41,44)/b14-10+/t25?,27-,29+,32+,38+/m1/s1. The highest BCUT2D eigenvalue weighted by Crippen LogP contribution is 2.46. The number of nitrogens with one attached hydrogen (secondary N) is 2. The molecule has 5 atom stereocenters. The summed E-state index contributed by atoms with van der Waals surface area (Å²) in [6.45, 7) is 6.85. The van der Waals surface area contributed by atoms with Crippen LogP contribution < -0.4 is 20.1 Å². The fraction of sp³-hybridized carbons (Fsp3) is 0.447. The molecule has 3 aromatic rings. The van der Waals surface area contributed by atoms with E-state index in [-0.39, 0.29) is 24.7 Å². The number of hydrogen-bond donors (Lipinski definition) is 2. The van der Waals surface area contributed by atoms with Gasteiger partial charge in [0.25, 0.3) is 0 Å². The van der Waals surface area contributed by atoms with Gasteiger partial charge in [-0.15, -0.1) is 0 Å². The summed E-state index contributed by atoms with van der Waals surface area (Å²) in [6.07, 6.45) is 4.99. The third-order valence-corrected chi connectivity index (χ3v) is 9.40. The van der Waals surface area contributed by atoms with Crippen molar-refractivity contribution in [1.29, 1.82) is 0 Å². The van der Waals surface area contributed by atoms with Crippen LogP contribution in [0.1, 0.15) is 59.8 Å². The molecule has 11 nitrogen and oxygen atoms in total. The van der Waals surface area contributed by atoms with Crippen molar-refractivity contribution in [2.75, 3.05) is 13.7 Å². The number of aromatic nitrogens is 1. The van der Waals surface area contributed by atoms with Crippen LogP contribution in [0.2, 0.25) is 0 Å². The second kappa shape index (κ2) is 13.5. The van der Waals surface area contributed by atoms with E-state index in [4.69, 9.17) is 19.2 Å². The molecule has 3 amide bonds. The van der Waals surface area contributed by atoms with Crippen LogP contribution >= 0.6 is 0 Å². The minimum Gasteiger partial charge on any atom is -0.497 e. The number of pyridine rings is 1. The first kappa shape index (κ1) is 34.0. The number of ether oxygens (including phenoxy) is 3. The van der Waals surface area contributed by atoms with Crippen molar-refractivity contribution in [2.24, 2.45) is 5.92 Å². The number of rotatable bonds is 6. The Labute approximate surface area is 286 Å². The highest BCUT2D eigenvalue weighted by Gasteiger charge is 2.59. The molecule has 2 aliphatic heterocycles. The van der Waals surface area contributed by atoms with Crippen molar-refractivity contribution >= 4 is 34.6 Å².